The maximum Gasteiger partial charge on any atom is 0.332 e. The van der Waals surface area contributed by atoms with E-state index >= 15 is 0 Å². The van der Waals surface area contributed by atoms with Gasteiger partial charge in [-0.3, -0.25) is 0 Å². The monoisotopic (exact) mass is 459 g/mol. The maximum atomic E-state index is 13.3. The maximum absolute atomic E-state index is 13.3. The molecule has 3 N–H and O–H groups in total. The second-order valence-corrected chi connectivity index (χ2v) is 8.25. The van der Waals surface area contributed by atoms with Crippen LogP contribution in [0, 0.1) is 0 Å². The lowest BCUT2D eigenvalue weighted by atomic mass is 10.0. The van der Waals surface area contributed by atoms with Crippen molar-refractivity contribution in [1.29, 1.82) is 0 Å². The second-order valence-electron chi connectivity index (χ2n) is 7.46. The minimum Gasteiger partial charge on any atom is -0.388 e. The zero-order valence-electron chi connectivity index (χ0n) is 17.3. The van der Waals surface area contributed by atoms with Gasteiger partial charge < -0.3 is 15.7 Å². The Kier molecular flexibility index (Phi) is 7.00. The second kappa shape index (κ2) is 9.51. The number of benzene rings is 2. The number of halogens is 2. The summed E-state index contributed by atoms with van der Waals surface area (Å²) in [6.45, 7) is 5.19. The van der Waals surface area contributed by atoms with Gasteiger partial charge in [-0.1, -0.05) is 47.5 Å². The zero-order chi connectivity index (χ0) is 22.6. The number of aliphatic hydroxyl groups is 1. The van der Waals surface area contributed by atoms with Crippen molar-refractivity contribution >= 4 is 52.4 Å². The fraction of sp³-hybridized carbons (Fsp3) is 0.227. The normalized spacial score (nSPS) is 12.2. The van der Waals surface area contributed by atoms with Crippen LogP contribution >= 0.6 is 23.2 Å². The Morgan fingerprint density at radius 1 is 1.10 bits per heavy atom. The molecule has 1 unspecified atom stereocenters. The van der Waals surface area contributed by atoms with Gasteiger partial charge in [-0.05, 0) is 45.0 Å². The average Bonchev–Trinajstić information content (AvgIpc) is 2.72. The number of nitrogens with zero attached hydrogens (tertiary/aromatic N) is 3. The molecular weight excluding hydrogens is 437 g/mol. The number of nitrogens with one attached hydrogen (secondary N) is 2. The molecule has 0 saturated carbocycles. The van der Waals surface area contributed by atoms with Gasteiger partial charge in [0.25, 0.3) is 0 Å². The van der Waals surface area contributed by atoms with Crippen molar-refractivity contribution in [3.63, 3.8) is 0 Å². The van der Waals surface area contributed by atoms with Gasteiger partial charge in [-0.15, -0.1) is 0 Å². The molecular formula is C22H23Cl2N5O2. The first-order valence-corrected chi connectivity index (χ1v) is 10.3. The number of amides is 2. The van der Waals surface area contributed by atoms with Crippen LogP contribution in [0.25, 0.3) is 0 Å². The standard InChI is InChI=1S/C22H23Cl2N5O2/c1-14(22(2,3)31)26-20-25-13-12-18(28-20)29(15-8-5-4-6-9-15)21(30)27-17-11-7-10-16(23)19(17)24/h4-14,31H,1-3H3,(H,27,30)(H,25,26,28). The van der Waals surface area contributed by atoms with E-state index in [9.17, 15) is 9.90 Å². The highest BCUT2D eigenvalue weighted by atomic mass is 35.5. The van der Waals surface area contributed by atoms with Crippen molar-refractivity contribution in [3.05, 3.63) is 70.8 Å². The molecule has 1 atom stereocenters. The predicted octanol–water partition coefficient (Wildman–Crippen LogP) is 5.72. The molecule has 31 heavy (non-hydrogen) atoms. The van der Waals surface area contributed by atoms with Gasteiger partial charge in [-0.25, -0.2) is 14.7 Å². The Morgan fingerprint density at radius 3 is 2.48 bits per heavy atom. The van der Waals surface area contributed by atoms with E-state index in [4.69, 9.17) is 23.2 Å². The first kappa shape index (κ1) is 22.8. The highest BCUT2D eigenvalue weighted by Gasteiger charge is 2.24. The number of carbonyl (C=O) groups excluding carboxylic acids is 1. The largest absolute Gasteiger partial charge is 0.388 e. The third-order valence-corrected chi connectivity index (χ3v) is 5.50. The summed E-state index contributed by atoms with van der Waals surface area (Å²) in [5, 5.41) is 16.6. The van der Waals surface area contributed by atoms with Crippen molar-refractivity contribution in [3.8, 4) is 0 Å². The zero-order valence-corrected chi connectivity index (χ0v) is 18.8. The fourth-order valence-electron chi connectivity index (χ4n) is 2.62. The molecule has 0 aliphatic heterocycles. The minimum atomic E-state index is -0.987. The molecule has 1 heterocycles. The topological polar surface area (TPSA) is 90.4 Å². The predicted molar refractivity (Wildman–Crippen MR) is 125 cm³/mol. The summed E-state index contributed by atoms with van der Waals surface area (Å²) in [6.07, 6.45) is 1.54. The molecule has 0 spiro atoms. The molecule has 0 saturated heterocycles. The highest BCUT2D eigenvalue weighted by molar-refractivity contribution is 6.44. The average molecular weight is 460 g/mol. The molecule has 3 aromatic rings. The van der Waals surface area contributed by atoms with Crippen molar-refractivity contribution < 1.29 is 9.90 Å². The molecule has 1 aromatic heterocycles. The van der Waals surface area contributed by atoms with Crippen molar-refractivity contribution in [2.45, 2.75) is 32.4 Å². The van der Waals surface area contributed by atoms with Crippen LogP contribution in [-0.4, -0.2) is 32.7 Å². The van der Waals surface area contributed by atoms with E-state index in [1.54, 1.807) is 50.2 Å². The van der Waals surface area contributed by atoms with Crippen LogP contribution < -0.4 is 15.5 Å². The summed E-state index contributed by atoms with van der Waals surface area (Å²) in [4.78, 5) is 23.3. The van der Waals surface area contributed by atoms with E-state index in [-0.39, 0.29) is 17.0 Å². The summed E-state index contributed by atoms with van der Waals surface area (Å²) in [5.74, 6) is 0.615. The molecule has 162 valence electrons. The van der Waals surface area contributed by atoms with Gasteiger partial charge in [0.05, 0.1) is 33.1 Å². The number of carbonyl (C=O) groups is 1. The Morgan fingerprint density at radius 2 is 1.81 bits per heavy atom. The van der Waals surface area contributed by atoms with Crippen LogP contribution in [0.4, 0.5) is 27.9 Å². The van der Waals surface area contributed by atoms with Gasteiger partial charge in [0.15, 0.2) is 0 Å². The molecule has 0 fully saturated rings. The molecule has 0 aliphatic rings. The van der Waals surface area contributed by atoms with Crippen molar-refractivity contribution in [2.75, 3.05) is 15.5 Å². The number of rotatable bonds is 6. The summed E-state index contributed by atoms with van der Waals surface area (Å²) < 4.78 is 0. The van der Waals surface area contributed by atoms with E-state index in [1.165, 1.54) is 11.1 Å². The van der Waals surface area contributed by atoms with Crippen LogP contribution in [0.1, 0.15) is 20.8 Å². The van der Waals surface area contributed by atoms with Crippen molar-refractivity contribution in [2.24, 2.45) is 0 Å². The van der Waals surface area contributed by atoms with E-state index in [1.807, 2.05) is 25.1 Å². The fourth-order valence-corrected chi connectivity index (χ4v) is 2.96. The van der Waals surface area contributed by atoms with E-state index in [0.717, 1.165) is 0 Å². The Balaban J connectivity index is 1.96. The van der Waals surface area contributed by atoms with Gasteiger partial charge in [-0.2, -0.15) is 4.98 Å². The van der Waals surface area contributed by atoms with Crippen LogP contribution in [0.3, 0.4) is 0 Å². The summed E-state index contributed by atoms with van der Waals surface area (Å²) in [7, 11) is 0. The Hall–Kier alpha value is -2.87. The number of anilines is 4. The van der Waals surface area contributed by atoms with Gasteiger partial charge >= 0.3 is 6.03 Å². The smallest absolute Gasteiger partial charge is 0.332 e. The van der Waals surface area contributed by atoms with E-state index in [2.05, 4.69) is 20.6 Å². The molecule has 3 rings (SSSR count). The summed E-state index contributed by atoms with van der Waals surface area (Å²) >= 11 is 12.3. The number of hydrogen-bond acceptors (Lipinski definition) is 5. The summed E-state index contributed by atoms with van der Waals surface area (Å²) in [6, 6.07) is 14.9. The number of urea groups is 1. The molecule has 0 aliphatic carbocycles. The molecule has 2 aromatic carbocycles. The lowest BCUT2D eigenvalue weighted by Gasteiger charge is -2.27. The third kappa shape index (κ3) is 5.64. The number of hydrogen-bond donors (Lipinski definition) is 3. The molecule has 7 nitrogen and oxygen atoms in total. The first-order valence-electron chi connectivity index (χ1n) is 9.59. The SMILES string of the molecule is CC(Nc1nccc(N(C(=O)Nc2cccc(Cl)c2Cl)c2ccccc2)n1)C(C)(C)O. The molecule has 9 heteroatoms. The first-order chi connectivity index (χ1) is 14.7. The molecule has 0 bridgehead atoms. The van der Waals surface area contributed by atoms with Crippen LogP contribution in [-0.2, 0) is 0 Å². The highest BCUT2D eigenvalue weighted by Crippen LogP contribution is 2.31. The number of para-hydroxylation sites is 1. The Labute approximate surface area is 191 Å². The lowest BCUT2D eigenvalue weighted by Crippen LogP contribution is -2.40. The van der Waals surface area contributed by atoms with Gasteiger partial charge in [0.2, 0.25) is 5.95 Å². The third-order valence-electron chi connectivity index (χ3n) is 4.69. The van der Waals surface area contributed by atoms with E-state index < -0.39 is 11.6 Å². The Bertz CT molecular complexity index is 1060. The minimum absolute atomic E-state index is 0.245. The van der Waals surface area contributed by atoms with Gasteiger partial charge in [0.1, 0.15) is 5.82 Å². The lowest BCUT2D eigenvalue weighted by molar-refractivity contribution is 0.0646. The molecule has 2 amide bonds. The number of aromatic nitrogens is 2. The van der Waals surface area contributed by atoms with Crippen LogP contribution in [0.2, 0.25) is 10.0 Å². The van der Waals surface area contributed by atoms with E-state index in [0.29, 0.717) is 22.2 Å². The summed E-state index contributed by atoms with van der Waals surface area (Å²) in [5.41, 5.74) is -0.0133. The van der Waals surface area contributed by atoms with Crippen LogP contribution in [0.5, 0.6) is 0 Å². The van der Waals surface area contributed by atoms with Crippen LogP contribution in [0.15, 0.2) is 60.8 Å². The quantitative estimate of drug-likeness (QED) is 0.438. The van der Waals surface area contributed by atoms with Crippen molar-refractivity contribution in [1.82, 2.24) is 9.97 Å². The molecule has 0 radical (unpaired) electrons. The van der Waals surface area contributed by atoms with Gasteiger partial charge in [0, 0.05) is 12.3 Å².